The van der Waals surface area contributed by atoms with Crippen LogP contribution in [0, 0.1) is 34.9 Å². The SMILES string of the molecule is COc1cc(/C=C/C(=Nc2ccc(F)c(F)c2)C(=Cc2ccc(F)c(F)c2)C(/C=C/c2ccc(O)c(OC)c2)=Nc2ccc(F)c(F)c2)ccc1O.[Cl][Cu][Cl]. The fraction of sp³-hybridized carbons (Fsp3) is 0.0500. The van der Waals surface area contributed by atoms with Crippen molar-refractivity contribution in [3.8, 4) is 23.0 Å². The molecule has 0 heterocycles. The van der Waals surface area contributed by atoms with Gasteiger partial charge in [0.15, 0.2) is 57.9 Å². The number of hydrogen-bond donors (Lipinski definition) is 2. The van der Waals surface area contributed by atoms with Gasteiger partial charge in [-0.05, 0) is 95.6 Å². The molecule has 0 saturated carbocycles. The fourth-order valence-corrected chi connectivity index (χ4v) is 4.76. The second-order valence-corrected chi connectivity index (χ2v) is 12.6. The predicted molar refractivity (Wildman–Crippen MR) is 200 cm³/mol. The summed E-state index contributed by atoms with van der Waals surface area (Å²) in [4.78, 5) is 9.13. The third kappa shape index (κ3) is 12.0. The zero-order valence-electron chi connectivity index (χ0n) is 28.5. The molecule has 0 unspecified atom stereocenters. The van der Waals surface area contributed by atoms with Gasteiger partial charge in [-0.25, -0.2) is 36.3 Å². The normalized spacial score (nSPS) is 11.8. The molecule has 5 rings (SSSR count). The van der Waals surface area contributed by atoms with Crippen molar-refractivity contribution in [2.75, 3.05) is 14.2 Å². The number of hydrogen-bond acceptors (Lipinski definition) is 6. The minimum atomic E-state index is -1.20. The van der Waals surface area contributed by atoms with E-state index in [-0.39, 0.29) is 56.9 Å². The number of aromatic hydroxyl groups is 2. The fourth-order valence-electron chi connectivity index (χ4n) is 4.76. The van der Waals surface area contributed by atoms with Gasteiger partial charge in [-0.3, -0.25) is 0 Å². The Morgan fingerprint density at radius 2 is 0.927 bits per heavy atom. The molecule has 0 aromatic heterocycles. The first-order valence-corrected chi connectivity index (χ1v) is 18.1. The molecule has 0 spiro atoms. The Kier molecular flexibility index (Phi) is 15.6. The van der Waals surface area contributed by atoms with Crippen LogP contribution in [0.25, 0.3) is 18.2 Å². The summed E-state index contributed by atoms with van der Waals surface area (Å²) >= 11 is 0.757. The average molecular weight is 849 g/mol. The van der Waals surface area contributed by atoms with Gasteiger partial charge >= 0.3 is 33.3 Å². The molecule has 5 aromatic carbocycles. The number of ether oxygens (including phenoxy) is 2. The molecule has 0 aliphatic rings. The summed E-state index contributed by atoms with van der Waals surface area (Å²) in [7, 11) is 12.1. The molecule has 0 bridgehead atoms. The summed E-state index contributed by atoms with van der Waals surface area (Å²) in [5.74, 6) is -6.92. The third-order valence-electron chi connectivity index (χ3n) is 7.39. The quantitative estimate of drug-likeness (QED) is 0.0788. The van der Waals surface area contributed by atoms with Crippen molar-refractivity contribution in [1.29, 1.82) is 0 Å². The third-order valence-corrected chi connectivity index (χ3v) is 7.39. The van der Waals surface area contributed by atoms with E-state index < -0.39 is 34.9 Å². The first-order valence-electron chi connectivity index (χ1n) is 15.5. The molecular weight excluding hydrogens is 821 g/mol. The standard InChI is InChI=1S/C40H28F6N2O4.2ClH.Cu/c1-51-39-19-23(6-15-37(39)49)4-13-35(47-26-8-11-30(42)33(45)21-26)28(17-25-3-10-29(41)32(44)18-25)36(48-27-9-12-31(43)34(46)22-27)14-5-24-7-16-38(50)40(20-24)52-2;;;/h3-22,49-50H,1-2H3;2*1H;/q;;;+2/p-2/b13-4+,14-5+,28-17?,47-35?,48-36?;;;. The number of halogens is 8. The van der Waals surface area contributed by atoms with Crippen molar-refractivity contribution in [2.24, 2.45) is 9.98 Å². The number of phenols is 2. The molecule has 55 heavy (non-hydrogen) atoms. The number of aliphatic imine (C=N–C) groups is 2. The molecule has 0 aliphatic heterocycles. The van der Waals surface area contributed by atoms with Gasteiger partial charge in [0.1, 0.15) is 0 Å². The first-order chi connectivity index (χ1) is 26.3. The van der Waals surface area contributed by atoms with Gasteiger partial charge in [-0.2, -0.15) is 0 Å². The molecule has 5 aromatic rings. The minimum absolute atomic E-state index is 0.00273. The summed E-state index contributed by atoms with van der Waals surface area (Å²) in [6, 6.07) is 17.8. The second-order valence-electron chi connectivity index (χ2n) is 11.0. The van der Waals surface area contributed by atoms with E-state index in [0.717, 1.165) is 49.5 Å². The number of nitrogens with zero attached hydrogens (tertiary/aromatic N) is 2. The summed E-state index contributed by atoms with van der Waals surface area (Å²) in [6.45, 7) is 0. The van der Waals surface area contributed by atoms with E-state index in [1.807, 2.05) is 0 Å². The van der Waals surface area contributed by atoms with Crippen LogP contribution in [-0.2, 0) is 13.1 Å². The van der Waals surface area contributed by atoms with Crippen LogP contribution in [0.2, 0.25) is 0 Å². The first kappa shape index (κ1) is 42.3. The monoisotopic (exact) mass is 847 g/mol. The topological polar surface area (TPSA) is 83.6 Å². The van der Waals surface area contributed by atoms with Crippen LogP contribution >= 0.6 is 20.2 Å². The number of methoxy groups -OCH3 is 2. The molecule has 0 fully saturated rings. The summed E-state index contributed by atoms with van der Waals surface area (Å²) in [6.07, 6.45) is 7.38. The van der Waals surface area contributed by atoms with E-state index in [1.54, 1.807) is 24.3 Å². The van der Waals surface area contributed by atoms with E-state index in [9.17, 15) is 36.6 Å². The van der Waals surface area contributed by atoms with E-state index in [4.69, 9.17) is 9.47 Å². The van der Waals surface area contributed by atoms with Gasteiger partial charge in [0.25, 0.3) is 0 Å². The zero-order valence-corrected chi connectivity index (χ0v) is 30.9. The second kappa shape index (κ2) is 20.3. The summed E-state index contributed by atoms with van der Waals surface area (Å²) in [5, 5.41) is 20.2. The molecule has 6 nitrogen and oxygen atoms in total. The van der Waals surface area contributed by atoms with E-state index in [2.05, 4.69) is 30.2 Å². The van der Waals surface area contributed by atoms with Crippen molar-refractivity contribution in [3.63, 3.8) is 0 Å². The molecule has 0 amide bonds. The Morgan fingerprint density at radius 1 is 0.545 bits per heavy atom. The molecule has 289 valence electrons. The van der Waals surface area contributed by atoms with Crippen LogP contribution in [0.4, 0.5) is 37.7 Å². The Labute approximate surface area is 326 Å². The van der Waals surface area contributed by atoms with Crippen molar-refractivity contribution in [3.05, 3.63) is 160 Å². The molecular formula is C40H28Cl2CuF6N2O4. The predicted octanol–water partition coefficient (Wildman–Crippen LogP) is 11.7. The van der Waals surface area contributed by atoms with Crippen LogP contribution in [0.1, 0.15) is 16.7 Å². The molecule has 0 aliphatic carbocycles. The maximum atomic E-state index is 14.5. The number of rotatable bonds is 11. The van der Waals surface area contributed by atoms with Crippen molar-refractivity contribution in [2.45, 2.75) is 0 Å². The Morgan fingerprint density at radius 3 is 1.31 bits per heavy atom. The molecule has 15 heteroatoms. The van der Waals surface area contributed by atoms with Crippen LogP contribution in [0.15, 0.2) is 119 Å². The van der Waals surface area contributed by atoms with Crippen LogP contribution < -0.4 is 9.47 Å². The van der Waals surface area contributed by atoms with Crippen LogP contribution in [0.5, 0.6) is 23.0 Å². The molecule has 0 saturated heterocycles. The van der Waals surface area contributed by atoms with Gasteiger partial charge < -0.3 is 19.7 Å². The van der Waals surface area contributed by atoms with Crippen molar-refractivity contribution < 1.29 is 59.2 Å². The van der Waals surface area contributed by atoms with Gasteiger partial charge in [0.2, 0.25) is 0 Å². The zero-order chi connectivity index (χ0) is 40.1. The van der Waals surface area contributed by atoms with Gasteiger partial charge in [0.05, 0.1) is 37.0 Å². The molecule has 2 N–H and O–H groups in total. The Bertz CT molecular complexity index is 2190. The molecule has 0 radical (unpaired) electrons. The van der Waals surface area contributed by atoms with Crippen LogP contribution in [-0.4, -0.2) is 35.9 Å². The van der Waals surface area contributed by atoms with E-state index in [0.29, 0.717) is 11.1 Å². The average Bonchev–Trinajstić information content (AvgIpc) is 3.16. The van der Waals surface area contributed by atoms with Gasteiger partial charge in [-0.1, -0.05) is 30.4 Å². The van der Waals surface area contributed by atoms with E-state index in [1.165, 1.54) is 74.9 Å². The number of phenolic OH excluding ortho intramolecular Hbond substituents is 2. The Hall–Kier alpha value is -5.46. The van der Waals surface area contributed by atoms with Crippen molar-refractivity contribution in [1.82, 2.24) is 0 Å². The van der Waals surface area contributed by atoms with Crippen molar-refractivity contribution >= 4 is 61.2 Å². The van der Waals surface area contributed by atoms with Gasteiger partial charge in [0, 0.05) is 17.7 Å². The van der Waals surface area contributed by atoms with E-state index >= 15 is 0 Å². The number of benzene rings is 5. The number of allylic oxidation sites excluding steroid dienone is 3. The maximum absolute atomic E-state index is 14.5. The van der Waals surface area contributed by atoms with Crippen LogP contribution in [0.3, 0.4) is 0 Å². The summed E-state index contributed by atoms with van der Waals surface area (Å²) < 4.78 is 95.7. The summed E-state index contributed by atoms with van der Waals surface area (Å²) in [5.41, 5.74) is 1.04. The van der Waals surface area contributed by atoms with Gasteiger partial charge in [-0.15, -0.1) is 0 Å². The molecule has 0 atom stereocenters. The Balaban J connectivity index is 0.00000217.